The monoisotopic (exact) mass is 326 g/mol. The van der Waals surface area contributed by atoms with E-state index in [9.17, 15) is 4.79 Å². The molecule has 0 saturated carbocycles. The first-order valence-corrected chi connectivity index (χ1v) is 7.83. The Morgan fingerprint density at radius 1 is 1.41 bits per heavy atom. The van der Waals surface area contributed by atoms with Crippen LogP contribution in [0, 0.1) is 5.92 Å². The average molecular weight is 327 g/mol. The molecule has 4 nitrogen and oxygen atoms in total. The van der Waals surface area contributed by atoms with E-state index >= 15 is 0 Å². The van der Waals surface area contributed by atoms with Crippen molar-refractivity contribution in [3.63, 3.8) is 0 Å². The zero-order chi connectivity index (χ0) is 15.1. The molecule has 2 unspecified atom stereocenters. The van der Waals surface area contributed by atoms with Gasteiger partial charge in [-0.3, -0.25) is 4.79 Å². The standard InChI is InChI=1S/C17H26N2O2.ClH/c1-13(14-5-7-16(21-2)8-6-14)9-11-19-17(20)15-4-3-10-18-12-15;/h5-8,13,15,18H,3-4,9-12H2,1-2H3,(H,19,20);1H. The molecule has 0 aliphatic carbocycles. The minimum absolute atomic E-state index is 0. The van der Waals surface area contributed by atoms with Gasteiger partial charge in [0.15, 0.2) is 0 Å². The zero-order valence-corrected chi connectivity index (χ0v) is 14.2. The fourth-order valence-corrected chi connectivity index (χ4v) is 2.73. The van der Waals surface area contributed by atoms with Gasteiger partial charge in [-0.25, -0.2) is 0 Å². The first-order valence-electron chi connectivity index (χ1n) is 7.83. The van der Waals surface area contributed by atoms with E-state index in [4.69, 9.17) is 4.74 Å². The number of amides is 1. The molecule has 124 valence electrons. The van der Waals surface area contributed by atoms with Crippen molar-refractivity contribution in [2.24, 2.45) is 5.92 Å². The van der Waals surface area contributed by atoms with Crippen LogP contribution in [0.5, 0.6) is 5.75 Å². The number of nitrogens with one attached hydrogen (secondary N) is 2. The number of hydrogen-bond acceptors (Lipinski definition) is 3. The molecular weight excluding hydrogens is 300 g/mol. The van der Waals surface area contributed by atoms with Crippen molar-refractivity contribution >= 4 is 18.3 Å². The molecule has 0 bridgehead atoms. The molecule has 2 N–H and O–H groups in total. The molecule has 1 aromatic carbocycles. The third-order valence-electron chi connectivity index (χ3n) is 4.23. The van der Waals surface area contributed by atoms with E-state index in [-0.39, 0.29) is 24.2 Å². The first kappa shape index (κ1) is 18.8. The van der Waals surface area contributed by atoms with Crippen LogP contribution in [0.15, 0.2) is 24.3 Å². The molecular formula is C17H27ClN2O2. The Balaban J connectivity index is 0.00000242. The Hall–Kier alpha value is -1.26. The second-order valence-corrected chi connectivity index (χ2v) is 5.80. The Bertz CT molecular complexity index is 444. The SMILES string of the molecule is COc1ccc(C(C)CCNC(=O)C2CCCNC2)cc1.Cl. The van der Waals surface area contributed by atoms with Crippen molar-refractivity contribution < 1.29 is 9.53 Å². The number of ether oxygens (including phenoxy) is 1. The topological polar surface area (TPSA) is 50.4 Å². The van der Waals surface area contributed by atoms with Gasteiger partial charge in [-0.2, -0.15) is 0 Å². The highest BCUT2D eigenvalue weighted by atomic mass is 35.5. The van der Waals surface area contributed by atoms with Crippen LogP contribution in [0.3, 0.4) is 0 Å². The molecule has 0 aromatic heterocycles. The third kappa shape index (κ3) is 5.50. The summed E-state index contributed by atoms with van der Waals surface area (Å²) in [6.07, 6.45) is 3.06. The van der Waals surface area contributed by atoms with Gasteiger partial charge >= 0.3 is 0 Å². The van der Waals surface area contributed by atoms with E-state index in [2.05, 4.69) is 29.7 Å². The van der Waals surface area contributed by atoms with E-state index in [1.165, 1.54) is 5.56 Å². The summed E-state index contributed by atoms with van der Waals surface area (Å²) in [6.45, 7) is 4.79. The van der Waals surface area contributed by atoms with E-state index < -0.39 is 0 Å². The van der Waals surface area contributed by atoms with Gasteiger partial charge in [-0.15, -0.1) is 12.4 Å². The van der Waals surface area contributed by atoms with Crippen LogP contribution < -0.4 is 15.4 Å². The molecule has 0 radical (unpaired) electrons. The molecule has 0 spiro atoms. The van der Waals surface area contributed by atoms with Gasteiger partial charge in [-0.1, -0.05) is 19.1 Å². The molecule has 5 heteroatoms. The van der Waals surface area contributed by atoms with Crippen LogP contribution in [0.2, 0.25) is 0 Å². The number of benzene rings is 1. The minimum atomic E-state index is 0. The highest BCUT2D eigenvalue weighted by Crippen LogP contribution is 2.21. The maximum atomic E-state index is 12.0. The fourth-order valence-electron chi connectivity index (χ4n) is 2.73. The van der Waals surface area contributed by atoms with Crippen LogP contribution in [-0.4, -0.2) is 32.7 Å². The van der Waals surface area contributed by atoms with Crippen LogP contribution in [0.1, 0.15) is 37.7 Å². The molecule has 2 rings (SSSR count). The van der Waals surface area contributed by atoms with Gasteiger partial charge in [0.05, 0.1) is 13.0 Å². The van der Waals surface area contributed by atoms with Crippen LogP contribution >= 0.6 is 12.4 Å². The van der Waals surface area contributed by atoms with E-state index in [0.717, 1.165) is 44.6 Å². The van der Waals surface area contributed by atoms with Gasteiger partial charge in [-0.05, 0) is 49.4 Å². The fraction of sp³-hybridized carbons (Fsp3) is 0.588. The van der Waals surface area contributed by atoms with Crippen molar-refractivity contribution in [3.05, 3.63) is 29.8 Å². The quantitative estimate of drug-likeness (QED) is 0.845. The number of methoxy groups -OCH3 is 1. The number of piperidine rings is 1. The largest absolute Gasteiger partial charge is 0.497 e. The van der Waals surface area contributed by atoms with Crippen molar-refractivity contribution in [1.29, 1.82) is 0 Å². The zero-order valence-electron chi connectivity index (χ0n) is 13.4. The Morgan fingerprint density at radius 2 is 2.14 bits per heavy atom. The minimum Gasteiger partial charge on any atom is -0.497 e. The van der Waals surface area contributed by atoms with Crippen molar-refractivity contribution in [1.82, 2.24) is 10.6 Å². The summed E-state index contributed by atoms with van der Waals surface area (Å²) in [6, 6.07) is 8.16. The summed E-state index contributed by atoms with van der Waals surface area (Å²) in [5.74, 6) is 1.66. The predicted octanol–water partition coefficient (Wildman–Crippen LogP) is 2.73. The maximum absolute atomic E-state index is 12.0. The highest BCUT2D eigenvalue weighted by molar-refractivity contribution is 5.85. The van der Waals surface area contributed by atoms with Gasteiger partial charge in [0, 0.05) is 13.1 Å². The van der Waals surface area contributed by atoms with Gasteiger partial charge < -0.3 is 15.4 Å². The summed E-state index contributed by atoms with van der Waals surface area (Å²) in [7, 11) is 1.67. The summed E-state index contributed by atoms with van der Waals surface area (Å²) in [5, 5.41) is 6.35. The summed E-state index contributed by atoms with van der Waals surface area (Å²) in [5.41, 5.74) is 1.28. The number of carbonyl (C=O) groups is 1. The molecule has 22 heavy (non-hydrogen) atoms. The molecule has 2 atom stereocenters. The molecule has 1 aliphatic heterocycles. The van der Waals surface area contributed by atoms with Crippen molar-refractivity contribution in [2.75, 3.05) is 26.7 Å². The van der Waals surface area contributed by atoms with E-state index in [1.807, 2.05) is 12.1 Å². The lowest BCUT2D eigenvalue weighted by Crippen LogP contribution is -2.40. The van der Waals surface area contributed by atoms with Gasteiger partial charge in [0.25, 0.3) is 0 Å². The molecule has 1 aromatic rings. The second kappa shape index (κ2) is 9.70. The maximum Gasteiger partial charge on any atom is 0.224 e. The predicted molar refractivity (Wildman–Crippen MR) is 91.9 cm³/mol. The molecule has 1 saturated heterocycles. The molecule has 1 heterocycles. The van der Waals surface area contributed by atoms with E-state index in [1.54, 1.807) is 7.11 Å². The van der Waals surface area contributed by atoms with E-state index in [0.29, 0.717) is 5.92 Å². The Kier molecular flexibility index (Phi) is 8.28. The van der Waals surface area contributed by atoms with Gasteiger partial charge in [0.1, 0.15) is 5.75 Å². The lowest BCUT2D eigenvalue weighted by Gasteiger charge is -2.22. The van der Waals surface area contributed by atoms with Crippen LogP contribution in [0.4, 0.5) is 0 Å². The number of rotatable bonds is 6. The third-order valence-corrected chi connectivity index (χ3v) is 4.23. The second-order valence-electron chi connectivity index (χ2n) is 5.80. The normalized spacial score (nSPS) is 18.9. The number of hydrogen-bond donors (Lipinski definition) is 2. The average Bonchev–Trinajstić information content (AvgIpc) is 2.55. The van der Waals surface area contributed by atoms with Crippen LogP contribution in [0.25, 0.3) is 0 Å². The molecule has 1 fully saturated rings. The van der Waals surface area contributed by atoms with Gasteiger partial charge in [0.2, 0.25) is 5.91 Å². The highest BCUT2D eigenvalue weighted by Gasteiger charge is 2.20. The smallest absolute Gasteiger partial charge is 0.224 e. The number of carbonyl (C=O) groups excluding carboxylic acids is 1. The lowest BCUT2D eigenvalue weighted by atomic mass is 9.96. The van der Waals surface area contributed by atoms with Crippen molar-refractivity contribution in [2.45, 2.75) is 32.1 Å². The lowest BCUT2D eigenvalue weighted by molar-refractivity contribution is -0.125. The Morgan fingerprint density at radius 3 is 2.73 bits per heavy atom. The molecule has 1 amide bonds. The summed E-state index contributed by atoms with van der Waals surface area (Å²) >= 11 is 0. The number of halogens is 1. The van der Waals surface area contributed by atoms with Crippen LogP contribution in [-0.2, 0) is 4.79 Å². The molecule has 1 aliphatic rings. The summed E-state index contributed by atoms with van der Waals surface area (Å²) in [4.78, 5) is 12.0. The van der Waals surface area contributed by atoms with Crippen molar-refractivity contribution in [3.8, 4) is 5.75 Å². The Labute approximate surface area is 139 Å². The summed E-state index contributed by atoms with van der Waals surface area (Å²) < 4.78 is 5.17. The first-order chi connectivity index (χ1) is 10.2.